The van der Waals surface area contributed by atoms with Gasteiger partial charge < -0.3 is 20.1 Å². The lowest BCUT2D eigenvalue weighted by atomic mass is 9.93. The van der Waals surface area contributed by atoms with E-state index in [2.05, 4.69) is 17.6 Å². The van der Waals surface area contributed by atoms with Gasteiger partial charge in [0, 0.05) is 5.70 Å². The predicted molar refractivity (Wildman–Crippen MR) is 115 cm³/mol. The van der Waals surface area contributed by atoms with Crippen LogP contribution in [0, 0.1) is 6.92 Å². The van der Waals surface area contributed by atoms with Crippen LogP contribution < -0.4 is 15.4 Å². The number of benzene rings is 2. The number of ether oxygens (including phenoxy) is 2. The first-order valence-corrected chi connectivity index (χ1v) is 10.3. The van der Waals surface area contributed by atoms with Gasteiger partial charge in [-0.25, -0.2) is 9.59 Å². The quantitative estimate of drug-likeness (QED) is 0.592. The molecule has 1 aliphatic heterocycles. The molecule has 6 heteroatoms. The van der Waals surface area contributed by atoms with E-state index in [1.165, 1.54) is 0 Å². The van der Waals surface area contributed by atoms with Gasteiger partial charge in [-0.1, -0.05) is 43.7 Å². The third-order valence-corrected chi connectivity index (χ3v) is 4.96. The molecule has 0 fully saturated rings. The van der Waals surface area contributed by atoms with E-state index < -0.39 is 12.0 Å². The summed E-state index contributed by atoms with van der Waals surface area (Å²) in [6.45, 7) is 6.10. The summed E-state index contributed by atoms with van der Waals surface area (Å²) in [5.41, 5.74) is 2.92. The summed E-state index contributed by atoms with van der Waals surface area (Å²) in [5, 5.41) is 5.65. The molecule has 3 rings (SSSR count). The Balaban J connectivity index is 1.90. The van der Waals surface area contributed by atoms with E-state index in [0.717, 1.165) is 29.7 Å². The normalized spacial score (nSPS) is 16.0. The van der Waals surface area contributed by atoms with E-state index in [0.29, 0.717) is 23.4 Å². The molecule has 0 radical (unpaired) electrons. The van der Waals surface area contributed by atoms with E-state index >= 15 is 0 Å². The highest BCUT2D eigenvalue weighted by Gasteiger charge is 2.33. The number of unbranched alkanes of at least 4 members (excludes halogenated alkanes) is 1. The second-order valence-electron chi connectivity index (χ2n) is 7.18. The minimum Gasteiger partial charge on any atom is -0.463 e. The Hall–Kier alpha value is -3.28. The Morgan fingerprint density at radius 1 is 1.07 bits per heavy atom. The highest BCUT2D eigenvalue weighted by atomic mass is 16.5. The first-order chi connectivity index (χ1) is 14.5. The number of carbonyl (C=O) groups is 2. The fraction of sp³-hybridized carbons (Fsp3) is 0.333. The molecule has 0 aliphatic carbocycles. The van der Waals surface area contributed by atoms with Crippen LogP contribution >= 0.6 is 0 Å². The largest absolute Gasteiger partial charge is 0.463 e. The molecule has 0 saturated heterocycles. The van der Waals surface area contributed by atoms with Gasteiger partial charge in [0.25, 0.3) is 0 Å². The minimum atomic E-state index is -0.572. The van der Waals surface area contributed by atoms with Gasteiger partial charge in [0.1, 0.15) is 11.5 Å². The third-order valence-electron chi connectivity index (χ3n) is 4.96. The van der Waals surface area contributed by atoms with Gasteiger partial charge in [-0.3, -0.25) is 0 Å². The second kappa shape index (κ2) is 9.96. The maximum atomic E-state index is 12.7. The van der Waals surface area contributed by atoms with Crippen molar-refractivity contribution in [1.29, 1.82) is 0 Å². The maximum Gasteiger partial charge on any atom is 0.338 e. The van der Waals surface area contributed by atoms with Crippen LogP contribution in [0.5, 0.6) is 11.5 Å². The standard InChI is InChI=1S/C24H28N2O4/c1-4-6-10-19-21(23(27)29-5-2)22(26-24(28)25-19)17-12-14-18(15-13-17)30-20-11-8-7-9-16(20)3/h7-9,11-15,22H,4-6,10H2,1-3H3,(H2,25,26,28). The fourth-order valence-electron chi connectivity index (χ4n) is 3.39. The van der Waals surface area contributed by atoms with Crippen LogP contribution in [0.4, 0.5) is 4.79 Å². The molecule has 0 bridgehead atoms. The molecule has 2 aromatic carbocycles. The van der Waals surface area contributed by atoms with Crippen molar-refractivity contribution in [3.8, 4) is 11.5 Å². The van der Waals surface area contributed by atoms with Crippen molar-refractivity contribution in [2.75, 3.05) is 6.61 Å². The van der Waals surface area contributed by atoms with Gasteiger partial charge in [0.2, 0.25) is 0 Å². The summed E-state index contributed by atoms with van der Waals surface area (Å²) in [6, 6.07) is 14.3. The minimum absolute atomic E-state index is 0.271. The number of hydrogen-bond acceptors (Lipinski definition) is 4. The monoisotopic (exact) mass is 408 g/mol. The molecule has 158 valence electrons. The highest BCUT2D eigenvalue weighted by Crippen LogP contribution is 2.32. The van der Waals surface area contributed by atoms with Crippen molar-refractivity contribution in [2.24, 2.45) is 0 Å². The molecule has 1 unspecified atom stereocenters. The lowest BCUT2D eigenvalue weighted by Gasteiger charge is -2.29. The first-order valence-electron chi connectivity index (χ1n) is 10.3. The van der Waals surface area contributed by atoms with Crippen LogP contribution in [0.3, 0.4) is 0 Å². The average Bonchev–Trinajstić information content (AvgIpc) is 2.74. The van der Waals surface area contributed by atoms with E-state index in [-0.39, 0.29) is 12.6 Å². The van der Waals surface area contributed by atoms with E-state index in [1.807, 2.05) is 55.5 Å². The van der Waals surface area contributed by atoms with Crippen molar-refractivity contribution < 1.29 is 19.1 Å². The second-order valence-corrected chi connectivity index (χ2v) is 7.18. The molecule has 30 heavy (non-hydrogen) atoms. The van der Waals surface area contributed by atoms with E-state index in [4.69, 9.17) is 9.47 Å². The summed E-state index contributed by atoms with van der Waals surface area (Å²) >= 11 is 0. The van der Waals surface area contributed by atoms with Crippen molar-refractivity contribution in [1.82, 2.24) is 10.6 Å². The number of rotatable bonds is 8. The van der Waals surface area contributed by atoms with Crippen LogP contribution in [0.25, 0.3) is 0 Å². The molecular formula is C24H28N2O4. The number of aryl methyl sites for hydroxylation is 1. The van der Waals surface area contributed by atoms with Crippen molar-refractivity contribution >= 4 is 12.0 Å². The topological polar surface area (TPSA) is 76.7 Å². The Kier molecular flexibility index (Phi) is 7.12. The van der Waals surface area contributed by atoms with Crippen LogP contribution in [-0.2, 0) is 9.53 Å². The van der Waals surface area contributed by atoms with Gasteiger partial charge in [-0.05, 0) is 56.0 Å². The molecule has 6 nitrogen and oxygen atoms in total. The Morgan fingerprint density at radius 2 is 1.80 bits per heavy atom. The zero-order valence-corrected chi connectivity index (χ0v) is 17.7. The number of amides is 2. The molecule has 1 aliphatic rings. The lowest BCUT2D eigenvalue weighted by molar-refractivity contribution is -0.139. The van der Waals surface area contributed by atoms with Crippen LogP contribution in [0.2, 0.25) is 0 Å². The number of carbonyl (C=O) groups excluding carboxylic acids is 2. The maximum absolute atomic E-state index is 12.7. The zero-order valence-electron chi connectivity index (χ0n) is 17.7. The predicted octanol–water partition coefficient (Wildman–Crippen LogP) is 5.15. The third kappa shape index (κ3) is 5.00. The van der Waals surface area contributed by atoms with Gasteiger partial charge in [0.05, 0.1) is 18.2 Å². The number of allylic oxidation sites excluding steroid dienone is 1. The van der Waals surface area contributed by atoms with E-state index in [1.54, 1.807) is 6.92 Å². The number of urea groups is 1. The summed E-state index contributed by atoms with van der Waals surface area (Å²) in [5.74, 6) is 1.05. The van der Waals surface area contributed by atoms with Crippen molar-refractivity contribution in [3.05, 3.63) is 70.9 Å². The lowest BCUT2D eigenvalue weighted by Crippen LogP contribution is -2.46. The number of esters is 1. The van der Waals surface area contributed by atoms with Crippen LogP contribution in [0.15, 0.2) is 59.8 Å². The Morgan fingerprint density at radius 3 is 2.47 bits per heavy atom. The number of hydrogen-bond donors (Lipinski definition) is 2. The number of nitrogens with one attached hydrogen (secondary N) is 2. The molecule has 1 heterocycles. The number of para-hydroxylation sites is 1. The molecule has 0 spiro atoms. The molecule has 0 saturated carbocycles. The smallest absolute Gasteiger partial charge is 0.338 e. The summed E-state index contributed by atoms with van der Waals surface area (Å²) in [4.78, 5) is 25.0. The van der Waals surface area contributed by atoms with Crippen molar-refractivity contribution in [3.63, 3.8) is 0 Å². The fourth-order valence-corrected chi connectivity index (χ4v) is 3.39. The van der Waals surface area contributed by atoms with Gasteiger partial charge in [0.15, 0.2) is 0 Å². The highest BCUT2D eigenvalue weighted by molar-refractivity contribution is 5.95. The molecule has 2 amide bonds. The van der Waals surface area contributed by atoms with Crippen molar-refractivity contribution in [2.45, 2.75) is 46.1 Å². The summed E-state index contributed by atoms with van der Waals surface area (Å²) in [6.07, 6.45) is 2.44. The summed E-state index contributed by atoms with van der Waals surface area (Å²) < 4.78 is 11.2. The molecular weight excluding hydrogens is 380 g/mol. The van der Waals surface area contributed by atoms with E-state index in [9.17, 15) is 9.59 Å². The molecule has 0 aromatic heterocycles. The Bertz CT molecular complexity index is 934. The SMILES string of the molecule is CCCCC1=C(C(=O)OCC)C(c2ccc(Oc3ccccc3C)cc2)NC(=O)N1. The average molecular weight is 408 g/mol. The molecule has 2 aromatic rings. The van der Waals surface area contributed by atoms with Gasteiger partial charge in [-0.2, -0.15) is 0 Å². The first kappa shape index (κ1) is 21.4. The zero-order chi connectivity index (χ0) is 21.5. The van der Waals surface area contributed by atoms with Crippen LogP contribution in [0.1, 0.15) is 50.3 Å². The summed E-state index contributed by atoms with van der Waals surface area (Å²) in [7, 11) is 0. The van der Waals surface area contributed by atoms with Crippen LogP contribution in [-0.4, -0.2) is 18.6 Å². The van der Waals surface area contributed by atoms with Gasteiger partial charge >= 0.3 is 12.0 Å². The van der Waals surface area contributed by atoms with Gasteiger partial charge in [-0.15, -0.1) is 0 Å². The molecule has 1 atom stereocenters. The molecule has 2 N–H and O–H groups in total. The Labute approximate surface area is 177 Å².